The van der Waals surface area contributed by atoms with Crippen LogP contribution in [0.25, 0.3) is 6.08 Å². The second kappa shape index (κ2) is 5.13. The normalized spacial score (nSPS) is 12.2. The fraction of sp³-hybridized carbons (Fsp3) is 0.333. The Morgan fingerprint density at radius 3 is 2.43 bits per heavy atom. The zero-order chi connectivity index (χ0) is 10.4. The van der Waals surface area contributed by atoms with Crippen LogP contribution < -0.4 is 0 Å². The van der Waals surface area contributed by atoms with E-state index >= 15 is 0 Å². The van der Waals surface area contributed by atoms with Gasteiger partial charge in [-0.1, -0.05) is 42.1 Å². The minimum atomic E-state index is -1.57. The number of hydrogen-bond acceptors (Lipinski definition) is 1. The zero-order valence-corrected chi connectivity index (χ0v) is 10.2. The molecule has 76 valence electrons. The fourth-order valence-electron chi connectivity index (χ4n) is 1.28. The maximum absolute atomic E-state index is 5.70. The van der Waals surface area contributed by atoms with Gasteiger partial charge in [-0.05, 0) is 25.6 Å². The Morgan fingerprint density at radius 2 is 1.86 bits per heavy atom. The van der Waals surface area contributed by atoms with Gasteiger partial charge in [0.2, 0.25) is 8.32 Å². The summed E-state index contributed by atoms with van der Waals surface area (Å²) in [5.41, 5.74) is 3.47. The van der Waals surface area contributed by atoms with Gasteiger partial charge in [-0.25, -0.2) is 0 Å². The molecule has 0 unspecified atom stereocenters. The largest absolute Gasteiger partial charge is 0.414 e. The van der Waals surface area contributed by atoms with Crippen molar-refractivity contribution in [2.75, 3.05) is 6.61 Å². The second-order valence-electron chi connectivity index (χ2n) is 3.78. The Hall–Kier alpha value is -0.863. The molecule has 0 spiro atoms. The van der Waals surface area contributed by atoms with Crippen molar-refractivity contribution in [1.29, 1.82) is 0 Å². The van der Waals surface area contributed by atoms with Crippen molar-refractivity contribution < 1.29 is 4.43 Å². The number of hydrogen-bond donors (Lipinski definition) is 0. The van der Waals surface area contributed by atoms with Crippen LogP contribution >= 0.6 is 0 Å². The lowest BCUT2D eigenvalue weighted by molar-refractivity contribution is 0.338. The van der Waals surface area contributed by atoms with E-state index in [1.54, 1.807) is 0 Å². The molecule has 1 rings (SSSR count). The van der Waals surface area contributed by atoms with Crippen molar-refractivity contribution in [3.63, 3.8) is 0 Å². The van der Waals surface area contributed by atoms with Crippen LogP contribution in [0.4, 0.5) is 0 Å². The van der Waals surface area contributed by atoms with E-state index < -0.39 is 8.32 Å². The van der Waals surface area contributed by atoms with E-state index in [1.807, 2.05) is 13.0 Å². The van der Waals surface area contributed by atoms with E-state index in [1.165, 1.54) is 5.56 Å². The van der Waals surface area contributed by atoms with E-state index in [2.05, 4.69) is 49.1 Å². The lowest BCUT2D eigenvalue weighted by Crippen LogP contribution is -2.27. The van der Waals surface area contributed by atoms with E-state index in [9.17, 15) is 0 Å². The summed E-state index contributed by atoms with van der Waals surface area (Å²) in [6.45, 7) is 7.26. The standard InChI is InChI=1S/C12H18OSi/c1-4-13-14(2,3)11-10-12-8-6-5-7-9-12/h5-11H,4H2,1-3H3/b11-10+. The van der Waals surface area contributed by atoms with E-state index in [-0.39, 0.29) is 0 Å². The topological polar surface area (TPSA) is 9.23 Å². The Labute approximate surface area is 87.5 Å². The van der Waals surface area contributed by atoms with Gasteiger partial charge in [-0.15, -0.1) is 0 Å². The molecule has 0 saturated heterocycles. The molecule has 0 aliphatic carbocycles. The van der Waals surface area contributed by atoms with Gasteiger partial charge in [0.1, 0.15) is 0 Å². The highest BCUT2D eigenvalue weighted by molar-refractivity contribution is 6.76. The van der Waals surface area contributed by atoms with Crippen molar-refractivity contribution in [1.82, 2.24) is 0 Å². The maximum atomic E-state index is 5.70. The second-order valence-corrected chi connectivity index (χ2v) is 7.61. The van der Waals surface area contributed by atoms with Gasteiger partial charge in [0, 0.05) is 6.61 Å². The summed E-state index contributed by atoms with van der Waals surface area (Å²) in [4.78, 5) is 0. The monoisotopic (exact) mass is 206 g/mol. The lowest BCUT2D eigenvalue weighted by atomic mass is 10.2. The smallest absolute Gasteiger partial charge is 0.211 e. The van der Waals surface area contributed by atoms with Crippen molar-refractivity contribution in [2.24, 2.45) is 0 Å². The van der Waals surface area contributed by atoms with E-state index in [0.29, 0.717) is 0 Å². The summed E-state index contributed by atoms with van der Waals surface area (Å²) in [5, 5.41) is 0. The van der Waals surface area contributed by atoms with Gasteiger partial charge < -0.3 is 4.43 Å². The molecule has 0 aromatic heterocycles. The molecule has 0 atom stereocenters. The Balaban J connectivity index is 2.64. The quantitative estimate of drug-likeness (QED) is 0.685. The fourth-order valence-corrected chi connectivity index (χ4v) is 2.72. The summed E-state index contributed by atoms with van der Waals surface area (Å²) in [6.07, 6.45) is 2.15. The van der Waals surface area contributed by atoms with Gasteiger partial charge in [0.25, 0.3) is 0 Å². The van der Waals surface area contributed by atoms with Gasteiger partial charge in [0.05, 0.1) is 0 Å². The third kappa shape index (κ3) is 3.90. The van der Waals surface area contributed by atoms with E-state index in [4.69, 9.17) is 4.43 Å². The Bertz CT molecular complexity index is 290. The average molecular weight is 206 g/mol. The van der Waals surface area contributed by atoms with Crippen LogP contribution in [0.2, 0.25) is 13.1 Å². The predicted molar refractivity (Wildman–Crippen MR) is 64.6 cm³/mol. The molecule has 0 N–H and O–H groups in total. The van der Waals surface area contributed by atoms with E-state index in [0.717, 1.165) is 6.61 Å². The van der Waals surface area contributed by atoms with Gasteiger partial charge >= 0.3 is 0 Å². The van der Waals surface area contributed by atoms with Gasteiger partial charge in [-0.3, -0.25) is 0 Å². The lowest BCUT2D eigenvalue weighted by Gasteiger charge is -2.16. The van der Waals surface area contributed by atoms with Crippen LogP contribution in [0.5, 0.6) is 0 Å². The van der Waals surface area contributed by atoms with Crippen LogP contribution in [0.3, 0.4) is 0 Å². The Kier molecular flexibility index (Phi) is 4.11. The van der Waals surface area contributed by atoms with Crippen molar-refractivity contribution in [2.45, 2.75) is 20.0 Å². The minimum absolute atomic E-state index is 0.804. The first-order chi connectivity index (χ1) is 6.64. The zero-order valence-electron chi connectivity index (χ0n) is 9.16. The SMILES string of the molecule is CCO[Si](C)(C)/C=C/c1ccccc1. The Morgan fingerprint density at radius 1 is 1.21 bits per heavy atom. The van der Waals surface area contributed by atoms with Crippen molar-refractivity contribution in [3.05, 3.63) is 41.6 Å². The third-order valence-corrected chi connectivity index (χ3v) is 4.00. The first kappa shape index (κ1) is 11.2. The van der Waals surface area contributed by atoms with Gasteiger partial charge in [-0.2, -0.15) is 0 Å². The average Bonchev–Trinajstić information content (AvgIpc) is 2.17. The molecule has 1 nitrogen and oxygen atoms in total. The highest BCUT2D eigenvalue weighted by Gasteiger charge is 2.16. The molecule has 0 bridgehead atoms. The molecule has 0 heterocycles. The predicted octanol–water partition coefficient (Wildman–Crippen LogP) is 3.48. The van der Waals surface area contributed by atoms with Crippen LogP contribution in [-0.2, 0) is 4.43 Å². The van der Waals surface area contributed by atoms with Crippen LogP contribution in [0, 0.1) is 0 Å². The molecule has 0 amide bonds. The molecule has 0 radical (unpaired) electrons. The molecule has 0 saturated carbocycles. The molecule has 1 aromatic carbocycles. The highest BCUT2D eigenvalue weighted by Crippen LogP contribution is 2.09. The van der Waals surface area contributed by atoms with Crippen molar-refractivity contribution >= 4 is 14.4 Å². The minimum Gasteiger partial charge on any atom is -0.414 e. The summed E-state index contributed by atoms with van der Waals surface area (Å²) >= 11 is 0. The number of benzene rings is 1. The summed E-state index contributed by atoms with van der Waals surface area (Å²) in [6, 6.07) is 10.3. The van der Waals surface area contributed by atoms with Crippen LogP contribution in [0.1, 0.15) is 12.5 Å². The molecule has 0 aliphatic rings. The molecule has 1 aromatic rings. The summed E-state index contributed by atoms with van der Waals surface area (Å²) in [5.74, 6) is 0. The van der Waals surface area contributed by atoms with Crippen LogP contribution in [-0.4, -0.2) is 14.9 Å². The first-order valence-corrected chi connectivity index (χ1v) is 8.01. The molecule has 0 fully saturated rings. The molecule has 14 heavy (non-hydrogen) atoms. The van der Waals surface area contributed by atoms with Gasteiger partial charge in [0.15, 0.2) is 0 Å². The third-order valence-electron chi connectivity index (χ3n) is 1.99. The first-order valence-electron chi connectivity index (χ1n) is 5.02. The molecule has 2 heteroatoms. The molecular weight excluding hydrogens is 188 g/mol. The molecule has 0 aliphatic heterocycles. The van der Waals surface area contributed by atoms with Crippen molar-refractivity contribution in [3.8, 4) is 0 Å². The van der Waals surface area contributed by atoms with Crippen LogP contribution in [0.15, 0.2) is 36.0 Å². The summed E-state index contributed by atoms with van der Waals surface area (Å²) < 4.78 is 5.70. The highest BCUT2D eigenvalue weighted by atomic mass is 28.4. The summed E-state index contributed by atoms with van der Waals surface area (Å²) in [7, 11) is -1.57. The molecular formula is C12H18OSi. The maximum Gasteiger partial charge on any atom is 0.211 e. The number of rotatable bonds is 4.